The number of amides is 1. The summed E-state index contributed by atoms with van der Waals surface area (Å²) in [6.45, 7) is 0.976. The van der Waals surface area contributed by atoms with Gasteiger partial charge in [0.1, 0.15) is 34.9 Å². The fraction of sp³-hybridized carbons (Fsp3) is 0.222. The first-order valence-electron chi connectivity index (χ1n) is 7.92. The highest BCUT2D eigenvalue weighted by molar-refractivity contribution is 7.22. The molecule has 1 aromatic heterocycles. The van der Waals surface area contributed by atoms with Gasteiger partial charge in [0.05, 0.1) is 14.2 Å². The third kappa shape index (κ3) is 2.88. The number of methoxy groups -OCH3 is 2. The lowest BCUT2D eigenvalue weighted by Gasteiger charge is -2.18. The van der Waals surface area contributed by atoms with Gasteiger partial charge in [-0.25, -0.2) is 4.98 Å². The van der Waals surface area contributed by atoms with Gasteiger partial charge in [0.2, 0.25) is 0 Å². The molecule has 1 amide bonds. The van der Waals surface area contributed by atoms with Crippen LogP contribution in [0.5, 0.6) is 23.0 Å². The average Bonchev–Trinajstić information content (AvgIpc) is 3.10. The monoisotopic (exact) mass is 372 g/mol. The minimum Gasteiger partial charge on any atom is -0.495 e. The Morgan fingerprint density at radius 1 is 1.08 bits per heavy atom. The van der Waals surface area contributed by atoms with Crippen molar-refractivity contribution in [2.75, 3.05) is 32.8 Å². The molecule has 0 unspecified atom stereocenters. The van der Waals surface area contributed by atoms with Crippen LogP contribution >= 0.6 is 11.3 Å². The van der Waals surface area contributed by atoms with E-state index in [1.54, 1.807) is 38.5 Å². The van der Waals surface area contributed by atoms with Crippen LogP contribution in [0.1, 0.15) is 10.4 Å². The van der Waals surface area contributed by atoms with Gasteiger partial charge in [-0.15, -0.1) is 0 Å². The van der Waals surface area contributed by atoms with Crippen molar-refractivity contribution in [3.63, 3.8) is 0 Å². The predicted molar refractivity (Wildman–Crippen MR) is 98.1 cm³/mol. The molecule has 0 aliphatic carbocycles. The van der Waals surface area contributed by atoms with Gasteiger partial charge in [-0.05, 0) is 30.3 Å². The van der Waals surface area contributed by atoms with Gasteiger partial charge in [0.25, 0.3) is 5.91 Å². The zero-order valence-corrected chi connectivity index (χ0v) is 15.0. The van der Waals surface area contributed by atoms with Crippen LogP contribution in [0.3, 0.4) is 0 Å². The number of hydrogen-bond acceptors (Lipinski definition) is 7. The Morgan fingerprint density at radius 2 is 1.81 bits per heavy atom. The van der Waals surface area contributed by atoms with Crippen LogP contribution in [0, 0.1) is 0 Å². The molecule has 134 valence electrons. The first-order chi connectivity index (χ1) is 12.7. The van der Waals surface area contributed by atoms with E-state index in [9.17, 15) is 4.79 Å². The highest BCUT2D eigenvalue weighted by Gasteiger charge is 2.18. The highest BCUT2D eigenvalue weighted by Crippen LogP contribution is 2.39. The van der Waals surface area contributed by atoms with Gasteiger partial charge in [-0.2, -0.15) is 0 Å². The maximum absolute atomic E-state index is 12.6. The number of aromatic nitrogens is 1. The van der Waals surface area contributed by atoms with Crippen LogP contribution in [0.4, 0.5) is 5.13 Å². The van der Waals surface area contributed by atoms with Gasteiger partial charge < -0.3 is 18.9 Å². The van der Waals surface area contributed by atoms with E-state index in [4.69, 9.17) is 18.9 Å². The molecule has 26 heavy (non-hydrogen) atoms. The number of fused-ring (bicyclic) bond motifs is 2. The van der Waals surface area contributed by atoms with Crippen molar-refractivity contribution >= 4 is 32.6 Å². The Labute approximate surface area is 153 Å². The topological polar surface area (TPSA) is 78.9 Å². The minimum atomic E-state index is -0.279. The molecule has 0 spiro atoms. The van der Waals surface area contributed by atoms with Crippen LogP contribution in [0.15, 0.2) is 30.3 Å². The van der Waals surface area contributed by atoms with Gasteiger partial charge >= 0.3 is 0 Å². The number of nitrogens with one attached hydrogen (secondary N) is 1. The van der Waals surface area contributed by atoms with Crippen molar-refractivity contribution < 1.29 is 23.7 Å². The van der Waals surface area contributed by atoms with Crippen molar-refractivity contribution in [1.29, 1.82) is 0 Å². The third-order valence-corrected chi connectivity index (χ3v) is 4.92. The zero-order chi connectivity index (χ0) is 18.1. The van der Waals surface area contributed by atoms with Crippen molar-refractivity contribution in [3.05, 3.63) is 35.9 Å². The number of benzene rings is 2. The molecule has 8 heteroatoms. The lowest BCUT2D eigenvalue weighted by atomic mass is 10.2. The molecule has 2 aromatic carbocycles. The summed E-state index contributed by atoms with van der Waals surface area (Å²) in [7, 11) is 3.17. The van der Waals surface area contributed by atoms with Crippen molar-refractivity contribution in [2.24, 2.45) is 0 Å². The molecule has 0 radical (unpaired) electrons. The fourth-order valence-electron chi connectivity index (χ4n) is 2.69. The van der Waals surface area contributed by atoms with Gasteiger partial charge in [0.15, 0.2) is 16.6 Å². The summed E-state index contributed by atoms with van der Waals surface area (Å²) in [5.41, 5.74) is 1.11. The van der Waals surface area contributed by atoms with Gasteiger partial charge in [0, 0.05) is 5.56 Å². The summed E-state index contributed by atoms with van der Waals surface area (Å²) in [5.74, 6) is 2.23. The van der Waals surface area contributed by atoms with E-state index in [1.165, 1.54) is 11.3 Å². The molecule has 1 aliphatic rings. The number of anilines is 1. The maximum Gasteiger partial charge on any atom is 0.257 e. The Balaban J connectivity index is 1.63. The molecule has 1 aliphatic heterocycles. The molecule has 0 saturated heterocycles. The summed E-state index contributed by atoms with van der Waals surface area (Å²) in [5, 5.41) is 3.28. The zero-order valence-electron chi connectivity index (χ0n) is 14.2. The molecular weight excluding hydrogens is 356 g/mol. The summed E-state index contributed by atoms with van der Waals surface area (Å²) in [6.07, 6.45) is 0. The first-order valence-corrected chi connectivity index (χ1v) is 8.74. The molecule has 4 rings (SSSR count). The van der Waals surface area contributed by atoms with E-state index >= 15 is 0 Å². The number of hydrogen-bond donors (Lipinski definition) is 1. The second kappa shape index (κ2) is 6.72. The lowest BCUT2D eigenvalue weighted by Crippen LogP contribution is -2.17. The van der Waals surface area contributed by atoms with E-state index in [-0.39, 0.29) is 5.91 Å². The van der Waals surface area contributed by atoms with Crippen molar-refractivity contribution in [3.8, 4) is 23.0 Å². The maximum atomic E-state index is 12.6. The molecule has 0 fully saturated rings. The number of rotatable bonds is 4. The Hall–Kier alpha value is -3.00. The van der Waals surface area contributed by atoms with E-state index in [0.29, 0.717) is 52.4 Å². The van der Waals surface area contributed by atoms with Crippen LogP contribution in [-0.4, -0.2) is 38.3 Å². The summed E-state index contributed by atoms with van der Waals surface area (Å²) < 4.78 is 22.5. The van der Waals surface area contributed by atoms with Crippen LogP contribution < -0.4 is 24.3 Å². The molecule has 3 aromatic rings. The Morgan fingerprint density at radius 3 is 2.58 bits per heavy atom. The average molecular weight is 372 g/mol. The largest absolute Gasteiger partial charge is 0.495 e. The fourth-order valence-corrected chi connectivity index (χ4v) is 3.66. The molecule has 2 heterocycles. The normalized spacial score (nSPS) is 12.7. The molecule has 0 saturated carbocycles. The first kappa shape index (κ1) is 16.5. The summed E-state index contributed by atoms with van der Waals surface area (Å²) >= 11 is 1.33. The van der Waals surface area contributed by atoms with Crippen LogP contribution in [0.25, 0.3) is 10.2 Å². The van der Waals surface area contributed by atoms with Crippen LogP contribution in [0.2, 0.25) is 0 Å². The predicted octanol–water partition coefficient (Wildman–Crippen LogP) is 3.34. The Kier molecular flexibility index (Phi) is 4.26. The smallest absolute Gasteiger partial charge is 0.257 e. The number of carbonyl (C=O) groups excluding carboxylic acids is 1. The standard InChI is InChI=1S/C18H16N2O5S/c1-22-12-5-6-13(23-2)16-15(12)19-18(26-16)20-17(21)10-3-4-11-14(9-10)25-8-7-24-11/h3-6,9H,7-8H2,1-2H3,(H,19,20,21). The van der Waals surface area contributed by atoms with Crippen molar-refractivity contribution in [1.82, 2.24) is 4.98 Å². The van der Waals surface area contributed by atoms with Crippen LogP contribution in [-0.2, 0) is 0 Å². The molecule has 0 bridgehead atoms. The Bertz CT molecular complexity index is 944. The molecule has 0 atom stereocenters. The van der Waals surface area contributed by atoms with Gasteiger partial charge in [-0.1, -0.05) is 11.3 Å². The van der Waals surface area contributed by atoms with E-state index in [1.807, 2.05) is 6.07 Å². The SMILES string of the molecule is COc1ccc(OC)c2sc(NC(=O)c3ccc4c(c3)OCCO4)nc12. The number of carbonyl (C=O) groups is 1. The second-order valence-corrected chi connectivity index (χ2v) is 6.48. The summed E-state index contributed by atoms with van der Waals surface area (Å²) in [4.78, 5) is 17.1. The quantitative estimate of drug-likeness (QED) is 0.757. The van der Waals surface area contributed by atoms with E-state index in [0.717, 1.165) is 4.70 Å². The molecular formula is C18H16N2O5S. The lowest BCUT2D eigenvalue weighted by molar-refractivity contribution is 0.102. The highest BCUT2D eigenvalue weighted by atomic mass is 32.1. The molecule has 7 nitrogen and oxygen atoms in total. The number of ether oxygens (including phenoxy) is 4. The third-order valence-electron chi connectivity index (χ3n) is 3.94. The number of nitrogens with zero attached hydrogens (tertiary/aromatic N) is 1. The number of thiazole rings is 1. The van der Waals surface area contributed by atoms with E-state index in [2.05, 4.69) is 10.3 Å². The summed E-state index contributed by atoms with van der Waals surface area (Å²) in [6, 6.07) is 8.68. The van der Waals surface area contributed by atoms with Crippen molar-refractivity contribution in [2.45, 2.75) is 0 Å². The van der Waals surface area contributed by atoms with E-state index < -0.39 is 0 Å². The molecule has 1 N–H and O–H groups in total. The minimum absolute atomic E-state index is 0.279. The second-order valence-electron chi connectivity index (χ2n) is 5.48. The van der Waals surface area contributed by atoms with Gasteiger partial charge in [-0.3, -0.25) is 10.1 Å².